The van der Waals surface area contributed by atoms with E-state index in [1.54, 1.807) is 0 Å². The molecule has 0 heterocycles. The van der Waals surface area contributed by atoms with Gasteiger partial charge in [-0.1, -0.05) is 0 Å². The molecule has 0 fully saturated rings. The van der Waals surface area contributed by atoms with Gasteiger partial charge in [0.15, 0.2) is 28.0 Å². The van der Waals surface area contributed by atoms with Crippen molar-refractivity contribution in [2.24, 2.45) is 0 Å². The lowest BCUT2D eigenvalue weighted by molar-refractivity contribution is -0.0719. The summed E-state index contributed by atoms with van der Waals surface area (Å²) in [6.45, 7) is 1.83. The van der Waals surface area contributed by atoms with Gasteiger partial charge in [-0.25, -0.2) is 17.2 Å². The summed E-state index contributed by atoms with van der Waals surface area (Å²) >= 11 is 0. The zero-order valence-corrected chi connectivity index (χ0v) is 12.8. The van der Waals surface area contributed by atoms with Crippen LogP contribution in [0.1, 0.15) is 24.2 Å². The number of hydrogen-bond acceptors (Lipinski definition) is 5. The summed E-state index contributed by atoms with van der Waals surface area (Å²) in [7, 11) is -2.46. The molecule has 0 aliphatic rings. The van der Waals surface area contributed by atoms with E-state index in [0.717, 1.165) is 25.3 Å². The highest BCUT2D eigenvalue weighted by molar-refractivity contribution is 7.90. The SMILES string of the molecule is COc1c(S(C)(=O)=O)ccc(OC(C)C(C)(F)F)c1C=O. The third-order valence-electron chi connectivity index (χ3n) is 2.86. The van der Waals surface area contributed by atoms with Crippen LogP contribution in [0.4, 0.5) is 8.78 Å². The van der Waals surface area contributed by atoms with E-state index in [1.165, 1.54) is 7.11 Å². The molecule has 0 N–H and O–H groups in total. The first-order valence-corrected chi connectivity index (χ1v) is 7.82. The lowest BCUT2D eigenvalue weighted by atomic mass is 10.2. The van der Waals surface area contributed by atoms with Gasteiger partial charge in [-0.2, -0.15) is 0 Å². The first-order valence-electron chi connectivity index (χ1n) is 5.93. The first kappa shape index (κ1) is 17.4. The monoisotopic (exact) mass is 322 g/mol. The molecule has 0 aromatic heterocycles. The van der Waals surface area contributed by atoms with Crippen LogP contribution in [0.15, 0.2) is 17.0 Å². The summed E-state index contributed by atoms with van der Waals surface area (Å²) < 4.78 is 59.5. The average Bonchev–Trinajstić information content (AvgIpc) is 2.35. The maximum atomic E-state index is 13.1. The summed E-state index contributed by atoms with van der Waals surface area (Å²) in [5.74, 6) is -3.51. The molecule has 118 valence electrons. The summed E-state index contributed by atoms with van der Waals surface area (Å²) in [5.41, 5.74) is -0.225. The van der Waals surface area contributed by atoms with Crippen molar-refractivity contribution in [3.05, 3.63) is 17.7 Å². The fourth-order valence-electron chi connectivity index (χ4n) is 1.57. The molecular formula is C13H16F2O5S. The Labute approximate surface area is 121 Å². The Bertz CT molecular complexity index is 635. The third kappa shape index (κ3) is 3.90. The largest absolute Gasteiger partial charge is 0.494 e. The molecule has 1 unspecified atom stereocenters. The van der Waals surface area contributed by atoms with Gasteiger partial charge in [-0.15, -0.1) is 0 Å². The topological polar surface area (TPSA) is 69.7 Å². The second-order valence-electron chi connectivity index (χ2n) is 4.62. The van der Waals surface area contributed by atoms with Crippen molar-refractivity contribution in [1.29, 1.82) is 0 Å². The Morgan fingerprint density at radius 2 is 1.90 bits per heavy atom. The highest BCUT2D eigenvalue weighted by Crippen LogP contribution is 2.35. The highest BCUT2D eigenvalue weighted by Gasteiger charge is 2.33. The van der Waals surface area contributed by atoms with Gasteiger partial charge in [0.2, 0.25) is 0 Å². The van der Waals surface area contributed by atoms with Crippen LogP contribution in [0, 0.1) is 0 Å². The van der Waals surface area contributed by atoms with Crippen LogP contribution in [0.5, 0.6) is 11.5 Å². The molecule has 0 spiro atoms. The Morgan fingerprint density at radius 3 is 2.29 bits per heavy atom. The first-order chi connectivity index (χ1) is 9.52. The minimum atomic E-state index is -3.64. The summed E-state index contributed by atoms with van der Waals surface area (Å²) in [4.78, 5) is 11.0. The maximum Gasteiger partial charge on any atom is 0.281 e. The lowest BCUT2D eigenvalue weighted by Gasteiger charge is -2.22. The van der Waals surface area contributed by atoms with Gasteiger partial charge in [0.1, 0.15) is 10.6 Å². The molecule has 8 heteroatoms. The van der Waals surface area contributed by atoms with Gasteiger partial charge in [0.05, 0.1) is 12.7 Å². The third-order valence-corrected chi connectivity index (χ3v) is 3.98. The molecule has 5 nitrogen and oxygen atoms in total. The molecule has 1 rings (SSSR count). The molecule has 0 saturated heterocycles. The zero-order chi connectivity index (χ0) is 16.4. The molecule has 0 saturated carbocycles. The molecule has 0 aliphatic heterocycles. The molecule has 0 amide bonds. The molecule has 1 atom stereocenters. The van der Waals surface area contributed by atoms with Crippen LogP contribution in [0.2, 0.25) is 0 Å². The van der Waals surface area contributed by atoms with E-state index in [9.17, 15) is 22.0 Å². The van der Waals surface area contributed by atoms with Crippen LogP contribution in [0.25, 0.3) is 0 Å². The number of rotatable bonds is 6. The Kier molecular flexibility index (Phi) is 4.93. The van der Waals surface area contributed by atoms with Crippen LogP contribution in [-0.2, 0) is 9.84 Å². The van der Waals surface area contributed by atoms with Gasteiger partial charge in [0.25, 0.3) is 5.92 Å². The number of ether oxygens (including phenoxy) is 2. The predicted molar refractivity (Wildman–Crippen MR) is 72.2 cm³/mol. The van der Waals surface area contributed by atoms with E-state index in [2.05, 4.69) is 0 Å². The minimum absolute atomic E-state index is 0.164. The smallest absolute Gasteiger partial charge is 0.281 e. The van der Waals surface area contributed by atoms with Crippen molar-refractivity contribution in [2.45, 2.75) is 30.8 Å². The van der Waals surface area contributed by atoms with E-state index in [0.29, 0.717) is 13.2 Å². The number of benzene rings is 1. The Morgan fingerprint density at radius 1 is 1.33 bits per heavy atom. The molecule has 21 heavy (non-hydrogen) atoms. The highest BCUT2D eigenvalue weighted by atomic mass is 32.2. The van der Waals surface area contributed by atoms with Gasteiger partial charge in [0, 0.05) is 13.2 Å². The van der Waals surface area contributed by atoms with E-state index in [-0.39, 0.29) is 22.0 Å². The molecule has 1 aromatic rings. The molecule has 1 aromatic carbocycles. The number of alkyl halides is 2. The van der Waals surface area contributed by atoms with Crippen molar-refractivity contribution in [3.8, 4) is 11.5 Å². The number of aldehydes is 1. The van der Waals surface area contributed by atoms with E-state index >= 15 is 0 Å². The van der Waals surface area contributed by atoms with Crippen molar-refractivity contribution < 1.29 is 31.5 Å². The zero-order valence-electron chi connectivity index (χ0n) is 12.0. The van der Waals surface area contributed by atoms with E-state index < -0.39 is 21.9 Å². The Balaban J connectivity index is 3.41. The van der Waals surface area contributed by atoms with Gasteiger partial charge in [-0.3, -0.25) is 4.79 Å². The van der Waals surface area contributed by atoms with Crippen LogP contribution < -0.4 is 9.47 Å². The fraction of sp³-hybridized carbons (Fsp3) is 0.462. The average molecular weight is 322 g/mol. The quantitative estimate of drug-likeness (QED) is 0.752. The van der Waals surface area contributed by atoms with Crippen molar-refractivity contribution in [1.82, 2.24) is 0 Å². The molecule has 0 bridgehead atoms. The summed E-state index contributed by atoms with van der Waals surface area (Å²) in [6, 6.07) is 2.31. The van der Waals surface area contributed by atoms with E-state index in [4.69, 9.17) is 9.47 Å². The van der Waals surface area contributed by atoms with Gasteiger partial charge < -0.3 is 9.47 Å². The second kappa shape index (κ2) is 5.97. The van der Waals surface area contributed by atoms with Crippen molar-refractivity contribution >= 4 is 16.1 Å². The number of carbonyl (C=O) groups excluding carboxylic acids is 1. The Hall–Kier alpha value is -1.70. The minimum Gasteiger partial charge on any atom is -0.494 e. The van der Waals surface area contributed by atoms with Crippen molar-refractivity contribution in [3.63, 3.8) is 0 Å². The lowest BCUT2D eigenvalue weighted by Crippen LogP contribution is -2.32. The standard InChI is InChI=1S/C13H16F2O5S/c1-8(13(2,14)15)20-10-5-6-11(21(4,17)18)12(19-3)9(10)7-16/h5-8H,1-4H3. The molecule has 0 radical (unpaired) electrons. The van der Waals surface area contributed by atoms with Gasteiger partial charge in [-0.05, 0) is 19.1 Å². The number of sulfone groups is 1. The van der Waals surface area contributed by atoms with E-state index in [1.807, 2.05) is 0 Å². The number of methoxy groups -OCH3 is 1. The number of hydrogen-bond donors (Lipinski definition) is 0. The predicted octanol–water partition coefficient (Wildman–Crippen LogP) is 2.33. The number of carbonyl (C=O) groups is 1. The van der Waals surface area contributed by atoms with Crippen LogP contribution in [-0.4, -0.2) is 40.1 Å². The normalized spacial score (nSPS) is 13.6. The van der Waals surface area contributed by atoms with Gasteiger partial charge >= 0.3 is 0 Å². The molecule has 0 aliphatic carbocycles. The maximum absolute atomic E-state index is 13.1. The van der Waals surface area contributed by atoms with Crippen LogP contribution >= 0.6 is 0 Å². The second-order valence-corrected chi connectivity index (χ2v) is 6.60. The summed E-state index contributed by atoms with van der Waals surface area (Å²) in [5, 5.41) is 0. The molecular weight excluding hydrogens is 306 g/mol. The van der Waals surface area contributed by atoms with Crippen molar-refractivity contribution in [2.75, 3.05) is 13.4 Å². The van der Waals surface area contributed by atoms with Crippen LogP contribution in [0.3, 0.4) is 0 Å². The number of halogens is 2. The summed E-state index contributed by atoms with van der Waals surface area (Å²) in [6.07, 6.45) is -0.239. The fourth-order valence-corrected chi connectivity index (χ4v) is 2.42.